The Morgan fingerprint density at radius 1 is 0.939 bits per heavy atom. The molecular formula is C28H31IrNO2S. The predicted octanol–water partition coefficient (Wildman–Crippen LogP) is 7.98. The van der Waals surface area contributed by atoms with Crippen molar-refractivity contribution < 1.29 is 30.0 Å². The second kappa shape index (κ2) is 10.7. The minimum atomic E-state index is -0.306. The number of hydrogen-bond donors (Lipinski definition) is 1. The molecule has 2 N–H and O–H groups in total. The molecule has 0 aliphatic rings. The van der Waals surface area contributed by atoms with Crippen LogP contribution in [0.25, 0.3) is 32.1 Å². The van der Waals surface area contributed by atoms with Gasteiger partial charge in [-0.3, -0.25) is 4.79 Å². The van der Waals surface area contributed by atoms with Crippen molar-refractivity contribution in [2.45, 2.75) is 41.5 Å². The van der Waals surface area contributed by atoms with Crippen molar-refractivity contribution in [1.29, 1.82) is 0 Å². The molecule has 1 radical (unpaired) electrons. The molecule has 0 aliphatic heterocycles. The van der Waals surface area contributed by atoms with Crippen LogP contribution in [-0.4, -0.2) is 20.7 Å². The van der Waals surface area contributed by atoms with E-state index in [9.17, 15) is 9.90 Å². The molecule has 2 aromatic carbocycles. The van der Waals surface area contributed by atoms with Gasteiger partial charge in [0.05, 0.1) is 11.5 Å². The van der Waals surface area contributed by atoms with Crippen LogP contribution in [-0.2, 0) is 20.1 Å². The topological polar surface area (TPSA) is 54.5 Å². The fraction of sp³-hybridized carbons (Fsp3) is 0.286. The number of allylic oxidation sites excluding steroid dienone is 2. The third-order valence-electron chi connectivity index (χ3n) is 5.16. The molecule has 4 rings (SSSR count). The fourth-order valence-electron chi connectivity index (χ4n) is 3.05. The monoisotopic (exact) mass is 638 g/mol. The van der Waals surface area contributed by atoms with Gasteiger partial charge >= 0.3 is 5.78 Å². The number of pyridine rings is 1. The predicted molar refractivity (Wildman–Crippen MR) is 138 cm³/mol. The third-order valence-corrected chi connectivity index (χ3v) is 5.98. The van der Waals surface area contributed by atoms with Crippen molar-refractivity contribution in [3.63, 3.8) is 0 Å². The molecule has 0 unspecified atom stereocenters. The molecule has 0 fully saturated rings. The zero-order chi connectivity index (χ0) is 23.5. The number of aliphatic hydroxyl groups is 1. The largest absolute Gasteiger partial charge is 0.511 e. The van der Waals surface area contributed by atoms with Gasteiger partial charge in [-0.1, -0.05) is 62.0 Å². The van der Waals surface area contributed by atoms with E-state index in [4.69, 9.17) is 0 Å². The number of ketones is 1. The zero-order valence-corrected chi connectivity index (χ0v) is 23.1. The summed E-state index contributed by atoms with van der Waals surface area (Å²) in [5.41, 5.74) is 0.414. The molecule has 0 bridgehead atoms. The van der Waals surface area contributed by atoms with Gasteiger partial charge in [0.15, 0.2) is 0 Å². The van der Waals surface area contributed by atoms with Crippen LogP contribution in [0.2, 0.25) is 0 Å². The summed E-state index contributed by atoms with van der Waals surface area (Å²) in [6.45, 7) is 11.4. The summed E-state index contributed by atoms with van der Waals surface area (Å²) in [5.74, 6) is 0.417. The Labute approximate surface area is 213 Å². The molecule has 0 aliphatic carbocycles. The van der Waals surface area contributed by atoms with Crippen molar-refractivity contribution in [1.82, 2.24) is 4.98 Å². The van der Waals surface area contributed by atoms with Gasteiger partial charge in [0.1, 0.15) is 5.76 Å². The maximum atomic E-state index is 9.60. The number of aromatic nitrogens is 1. The second-order valence-electron chi connectivity index (χ2n) is 9.85. The minimum absolute atomic E-state index is 0. The van der Waals surface area contributed by atoms with Crippen molar-refractivity contribution >= 4 is 38.7 Å². The van der Waals surface area contributed by atoms with Crippen LogP contribution < -0.4 is 0 Å². The van der Waals surface area contributed by atoms with Crippen molar-refractivity contribution in [2.24, 2.45) is 10.8 Å². The molecular weight excluding hydrogens is 607 g/mol. The van der Waals surface area contributed by atoms with E-state index in [1.807, 2.05) is 59.2 Å². The standard InChI is InChI=1S/C17H10NS.C11H20O2.Ir/c1-2-5-13-12(4-1)7-8-15-14(13)9-10-18-17(15)16-6-3-11-19-16;1-10(2,3)8(12)7-9(13)11(4,5)6;/h1-5,7-11H;7,12H,1-6H3;/q-1;;/p+1/b;8-7-;. The van der Waals surface area contributed by atoms with Crippen molar-refractivity contribution in [3.05, 3.63) is 78.0 Å². The zero-order valence-electron chi connectivity index (χ0n) is 19.9. The number of fused-ring (bicyclic) bond motifs is 3. The molecule has 0 amide bonds. The normalized spacial score (nSPS) is 12.1. The van der Waals surface area contributed by atoms with Gasteiger partial charge < -0.3 is 10.1 Å². The van der Waals surface area contributed by atoms with E-state index in [1.54, 1.807) is 11.3 Å². The molecule has 0 atom stereocenters. The average molecular weight is 638 g/mol. The summed E-state index contributed by atoms with van der Waals surface area (Å²) in [4.78, 5) is 15.2. The Balaban J connectivity index is 0.000000246. The summed E-state index contributed by atoms with van der Waals surface area (Å²) in [5, 5.41) is 16.6. The van der Waals surface area contributed by atoms with Crippen LogP contribution in [0.1, 0.15) is 41.5 Å². The van der Waals surface area contributed by atoms with E-state index in [2.05, 4.69) is 53.5 Å². The molecule has 2 heterocycles. The SMILES string of the molecule is CC(C)(C)C(=[OH+])/C=C(\O)C(C)(C)C.[Ir].[c-]1ccsc1-c1nccc2c1ccc1ccccc12. The molecule has 2 aromatic heterocycles. The van der Waals surface area contributed by atoms with Crippen LogP contribution in [0.5, 0.6) is 0 Å². The molecule has 0 saturated heterocycles. The molecule has 5 heteroatoms. The first-order chi connectivity index (χ1) is 15.0. The van der Waals surface area contributed by atoms with Crippen LogP contribution in [0.4, 0.5) is 0 Å². The quantitative estimate of drug-likeness (QED) is 0.0797. The molecule has 33 heavy (non-hydrogen) atoms. The second-order valence-corrected chi connectivity index (χ2v) is 10.8. The van der Waals surface area contributed by atoms with E-state index in [1.165, 1.54) is 27.6 Å². The maximum absolute atomic E-state index is 9.60. The Morgan fingerprint density at radius 2 is 1.64 bits per heavy atom. The van der Waals surface area contributed by atoms with E-state index < -0.39 is 0 Å². The fourth-order valence-corrected chi connectivity index (χ4v) is 3.73. The Morgan fingerprint density at radius 3 is 2.24 bits per heavy atom. The smallest absolute Gasteiger partial charge is 0.325 e. The number of hydrogen-bond acceptors (Lipinski definition) is 3. The summed E-state index contributed by atoms with van der Waals surface area (Å²) in [6, 6.07) is 20.1. The third kappa shape index (κ3) is 6.60. The minimum Gasteiger partial charge on any atom is -0.511 e. The summed E-state index contributed by atoms with van der Waals surface area (Å²) in [6.07, 6.45) is 3.33. The van der Waals surface area contributed by atoms with E-state index in [0.717, 1.165) is 10.6 Å². The number of nitrogens with zero attached hydrogens (tertiary/aromatic N) is 1. The van der Waals surface area contributed by atoms with Gasteiger partial charge in [-0.15, -0.1) is 5.38 Å². The number of aliphatic hydroxyl groups excluding tert-OH is 1. The van der Waals surface area contributed by atoms with Crippen LogP contribution in [0, 0.1) is 16.9 Å². The van der Waals surface area contributed by atoms with Crippen LogP contribution in [0.15, 0.2) is 71.9 Å². The average Bonchev–Trinajstić information content (AvgIpc) is 3.27. The molecule has 175 valence electrons. The van der Waals surface area contributed by atoms with Gasteiger partial charge in [0.25, 0.3) is 0 Å². The van der Waals surface area contributed by atoms with Gasteiger partial charge in [-0.2, -0.15) is 12.1 Å². The number of thiophene rings is 1. The van der Waals surface area contributed by atoms with Gasteiger partial charge in [-0.05, 0) is 54.1 Å². The maximum Gasteiger partial charge on any atom is 0.325 e. The van der Waals surface area contributed by atoms with Gasteiger partial charge in [0, 0.05) is 31.7 Å². The van der Waals surface area contributed by atoms with Gasteiger partial charge in [0.2, 0.25) is 0 Å². The molecule has 4 aromatic rings. The molecule has 0 spiro atoms. The van der Waals surface area contributed by atoms with Crippen molar-refractivity contribution in [2.75, 3.05) is 0 Å². The molecule has 0 saturated carbocycles. The van der Waals surface area contributed by atoms with E-state index >= 15 is 0 Å². The number of rotatable bonds is 2. The Hall–Kier alpha value is -2.33. The van der Waals surface area contributed by atoms with Crippen molar-refractivity contribution in [3.8, 4) is 10.6 Å². The number of benzene rings is 2. The Kier molecular flexibility index (Phi) is 8.75. The van der Waals surface area contributed by atoms with E-state index in [0.29, 0.717) is 0 Å². The molecule has 3 nitrogen and oxygen atoms in total. The summed E-state index contributed by atoms with van der Waals surface area (Å²) < 4.78 is 0. The van der Waals surface area contributed by atoms with E-state index in [-0.39, 0.29) is 42.5 Å². The Bertz CT molecular complexity index is 1260. The first kappa shape index (κ1) is 26.9. The van der Waals surface area contributed by atoms with Crippen LogP contribution >= 0.6 is 11.3 Å². The van der Waals surface area contributed by atoms with Gasteiger partial charge in [-0.25, -0.2) is 11.3 Å². The van der Waals surface area contributed by atoms with Crippen LogP contribution in [0.3, 0.4) is 0 Å². The number of carbonyl (C=O) groups excluding carboxylic acids is 1. The first-order valence-corrected chi connectivity index (χ1v) is 11.6. The summed E-state index contributed by atoms with van der Waals surface area (Å²) in [7, 11) is 0. The first-order valence-electron chi connectivity index (χ1n) is 10.7. The summed E-state index contributed by atoms with van der Waals surface area (Å²) >= 11 is 1.68.